The van der Waals surface area contributed by atoms with Crippen LogP contribution in [0.3, 0.4) is 0 Å². The molecule has 2 aliphatic rings. The highest BCUT2D eigenvalue weighted by molar-refractivity contribution is 6.10. The molecule has 3 aromatic rings. The number of para-hydroxylation sites is 2. The Morgan fingerprint density at radius 2 is 1.86 bits per heavy atom. The van der Waals surface area contributed by atoms with Crippen LogP contribution in [0.5, 0.6) is 5.75 Å². The van der Waals surface area contributed by atoms with Gasteiger partial charge < -0.3 is 14.5 Å². The molecule has 5 rings (SSSR count). The van der Waals surface area contributed by atoms with E-state index in [0.29, 0.717) is 6.42 Å². The molecule has 1 fully saturated rings. The maximum Gasteiger partial charge on any atom is 0.144 e. The van der Waals surface area contributed by atoms with Crippen molar-refractivity contribution in [2.24, 2.45) is 10.9 Å². The maximum absolute atomic E-state index is 13.4. The second-order valence-corrected chi connectivity index (χ2v) is 7.58. The third kappa shape index (κ3) is 3.23. The number of Topliss-reactive ketones (excluding diaryl/α,β-unsaturated/α-hetero) is 1. The van der Waals surface area contributed by atoms with Gasteiger partial charge in [0.25, 0.3) is 0 Å². The zero-order valence-electron chi connectivity index (χ0n) is 16.2. The van der Waals surface area contributed by atoms with E-state index in [9.17, 15) is 4.79 Å². The lowest BCUT2D eigenvalue weighted by atomic mass is 9.73. The highest BCUT2D eigenvalue weighted by Crippen LogP contribution is 2.44. The van der Waals surface area contributed by atoms with Crippen LogP contribution in [0.4, 0.5) is 11.4 Å². The number of nitrogens with one attached hydrogen (secondary N) is 1. The van der Waals surface area contributed by atoms with Crippen molar-refractivity contribution in [1.82, 2.24) is 0 Å². The first kappa shape index (κ1) is 17.7. The fourth-order valence-electron chi connectivity index (χ4n) is 4.41. The molecule has 1 aliphatic carbocycles. The van der Waals surface area contributed by atoms with Crippen LogP contribution in [-0.2, 0) is 4.79 Å². The summed E-state index contributed by atoms with van der Waals surface area (Å²) in [5, 5.41) is 3.52. The molecule has 3 atom stereocenters. The standard InChI is InChI=1S/C24H22N2O3/c1-28-17-10-8-15(9-11-17)16-13-20-23(21(27)14-16)24(22-7-4-12-29-22)26-19-6-3-2-5-18(19)25-20/h2-12,16,23-24,26H,13-14H2,1H3/t16-,23?,24+/m0/s1. The van der Waals surface area contributed by atoms with E-state index >= 15 is 0 Å². The summed E-state index contributed by atoms with van der Waals surface area (Å²) < 4.78 is 11.0. The Kier molecular flexibility index (Phi) is 4.43. The minimum atomic E-state index is -0.331. The van der Waals surface area contributed by atoms with Gasteiger partial charge in [-0.25, -0.2) is 0 Å². The van der Waals surface area contributed by atoms with Crippen molar-refractivity contribution in [1.29, 1.82) is 0 Å². The summed E-state index contributed by atoms with van der Waals surface area (Å²) >= 11 is 0. The van der Waals surface area contributed by atoms with Crippen LogP contribution in [0.15, 0.2) is 76.3 Å². The molecule has 1 aliphatic heterocycles. The normalized spacial score (nSPS) is 23.3. The van der Waals surface area contributed by atoms with E-state index in [0.717, 1.165) is 40.6 Å². The van der Waals surface area contributed by atoms with E-state index < -0.39 is 0 Å². The van der Waals surface area contributed by atoms with Gasteiger partial charge in [-0.05, 0) is 54.3 Å². The molecule has 0 radical (unpaired) electrons. The fraction of sp³-hybridized carbons (Fsp3) is 0.250. The maximum atomic E-state index is 13.4. The van der Waals surface area contributed by atoms with Gasteiger partial charge >= 0.3 is 0 Å². The highest BCUT2D eigenvalue weighted by atomic mass is 16.5. The number of hydrogen-bond acceptors (Lipinski definition) is 5. The average molecular weight is 386 g/mol. The Hall–Kier alpha value is -3.34. The Labute approximate surface area is 169 Å². The lowest BCUT2D eigenvalue weighted by Gasteiger charge is -2.32. The molecule has 1 aromatic heterocycles. The summed E-state index contributed by atoms with van der Waals surface area (Å²) in [6.07, 6.45) is 2.89. The second kappa shape index (κ2) is 7.24. The summed E-state index contributed by atoms with van der Waals surface area (Å²) in [5.41, 5.74) is 3.84. The average Bonchev–Trinajstić information content (AvgIpc) is 3.22. The SMILES string of the molecule is COc1ccc([C@@H]2CC(=O)C3C(=Nc4ccccc4N[C@@H]3c3ccco3)C2)cc1. The van der Waals surface area contributed by atoms with E-state index in [2.05, 4.69) is 5.32 Å². The molecular formula is C24H22N2O3. The number of benzene rings is 2. The van der Waals surface area contributed by atoms with Gasteiger partial charge in [0.1, 0.15) is 17.3 Å². The number of anilines is 1. The lowest BCUT2D eigenvalue weighted by molar-refractivity contribution is -0.122. The molecule has 0 spiro atoms. The molecule has 1 N–H and O–H groups in total. The molecule has 2 heterocycles. The largest absolute Gasteiger partial charge is 0.497 e. The van der Waals surface area contributed by atoms with Crippen molar-refractivity contribution < 1.29 is 13.9 Å². The monoisotopic (exact) mass is 386 g/mol. The molecular weight excluding hydrogens is 364 g/mol. The number of ether oxygens (including phenoxy) is 1. The van der Waals surface area contributed by atoms with Gasteiger partial charge in [-0.3, -0.25) is 9.79 Å². The van der Waals surface area contributed by atoms with Crippen molar-refractivity contribution in [3.8, 4) is 5.75 Å². The summed E-state index contributed by atoms with van der Waals surface area (Å²) in [5.74, 6) is 1.55. The molecule has 0 amide bonds. The van der Waals surface area contributed by atoms with Crippen LogP contribution in [0.25, 0.3) is 0 Å². The summed E-state index contributed by atoms with van der Waals surface area (Å²) in [7, 11) is 1.66. The number of furan rings is 1. The minimum absolute atomic E-state index is 0.117. The van der Waals surface area contributed by atoms with Crippen molar-refractivity contribution in [3.63, 3.8) is 0 Å². The van der Waals surface area contributed by atoms with E-state index in [1.807, 2.05) is 60.7 Å². The molecule has 146 valence electrons. The molecule has 29 heavy (non-hydrogen) atoms. The van der Waals surface area contributed by atoms with Crippen molar-refractivity contribution >= 4 is 22.9 Å². The van der Waals surface area contributed by atoms with Crippen molar-refractivity contribution in [2.45, 2.75) is 24.8 Å². The number of ketones is 1. The Morgan fingerprint density at radius 1 is 1.03 bits per heavy atom. The minimum Gasteiger partial charge on any atom is -0.497 e. The summed E-state index contributed by atoms with van der Waals surface area (Å²) in [6, 6.07) is 19.4. The topological polar surface area (TPSA) is 63.8 Å². The van der Waals surface area contributed by atoms with Gasteiger partial charge in [-0.1, -0.05) is 24.3 Å². The van der Waals surface area contributed by atoms with Gasteiger partial charge in [0.05, 0.1) is 36.7 Å². The molecule has 5 nitrogen and oxygen atoms in total. The van der Waals surface area contributed by atoms with Gasteiger partial charge in [0.15, 0.2) is 0 Å². The van der Waals surface area contributed by atoms with Gasteiger partial charge in [-0.2, -0.15) is 0 Å². The number of carbonyl (C=O) groups excluding carboxylic acids is 1. The number of rotatable bonds is 3. The van der Waals surface area contributed by atoms with E-state index in [1.165, 1.54) is 0 Å². The van der Waals surface area contributed by atoms with Gasteiger partial charge in [-0.15, -0.1) is 0 Å². The van der Waals surface area contributed by atoms with E-state index in [4.69, 9.17) is 14.1 Å². The highest BCUT2D eigenvalue weighted by Gasteiger charge is 2.42. The predicted octanol–water partition coefficient (Wildman–Crippen LogP) is 5.29. The first-order valence-electron chi connectivity index (χ1n) is 9.86. The Bertz CT molecular complexity index is 1050. The van der Waals surface area contributed by atoms with Crippen molar-refractivity contribution in [3.05, 3.63) is 78.3 Å². The number of hydrogen-bond donors (Lipinski definition) is 1. The second-order valence-electron chi connectivity index (χ2n) is 7.58. The number of fused-ring (bicyclic) bond motifs is 2. The van der Waals surface area contributed by atoms with E-state index in [-0.39, 0.29) is 23.7 Å². The number of nitrogens with zero attached hydrogens (tertiary/aromatic N) is 1. The predicted molar refractivity (Wildman–Crippen MR) is 112 cm³/mol. The third-order valence-electron chi connectivity index (χ3n) is 5.86. The Morgan fingerprint density at radius 3 is 2.62 bits per heavy atom. The zero-order chi connectivity index (χ0) is 19.8. The van der Waals surface area contributed by atoms with Crippen LogP contribution in [0.1, 0.15) is 36.1 Å². The Balaban J connectivity index is 1.55. The fourth-order valence-corrected chi connectivity index (χ4v) is 4.41. The molecule has 0 saturated heterocycles. The number of carbonyl (C=O) groups is 1. The molecule has 1 unspecified atom stereocenters. The zero-order valence-corrected chi connectivity index (χ0v) is 16.2. The van der Waals surface area contributed by atoms with Crippen LogP contribution < -0.4 is 10.1 Å². The molecule has 2 aromatic carbocycles. The number of aliphatic imine (C=N–C) groups is 1. The van der Waals surface area contributed by atoms with Crippen molar-refractivity contribution in [2.75, 3.05) is 12.4 Å². The molecule has 1 saturated carbocycles. The van der Waals surface area contributed by atoms with Gasteiger partial charge in [0.2, 0.25) is 0 Å². The van der Waals surface area contributed by atoms with Crippen LogP contribution in [-0.4, -0.2) is 18.6 Å². The first-order valence-corrected chi connectivity index (χ1v) is 9.86. The lowest BCUT2D eigenvalue weighted by Crippen LogP contribution is -2.38. The smallest absolute Gasteiger partial charge is 0.144 e. The van der Waals surface area contributed by atoms with Crippen LogP contribution in [0, 0.1) is 5.92 Å². The van der Waals surface area contributed by atoms with Crippen LogP contribution in [0.2, 0.25) is 0 Å². The molecule has 5 heteroatoms. The third-order valence-corrected chi connectivity index (χ3v) is 5.86. The van der Waals surface area contributed by atoms with Gasteiger partial charge in [0, 0.05) is 12.1 Å². The van der Waals surface area contributed by atoms with Crippen LogP contribution >= 0.6 is 0 Å². The van der Waals surface area contributed by atoms with E-state index in [1.54, 1.807) is 13.4 Å². The summed E-state index contributed by atoms with van der Waals surface area (Å²) in [6.45, 7) is 0. The first-order chi connectivity index (χ1) is 14.2. The number of methoxy groups -OCH3 is 1. The molecule has 0 bridgehead atoms. The quantitative estimate of drug-likeness (QED) is 0.664. The summed E-state index contributed by atoms with van der Waals surface area (Å²) in [4.78, 5) is 18.3.